The van der Waals surface area contributed by atoms with Crippen LogP contribution in [-0.4, -0.2) is 71.4 Å². The lowest BCUT2D eigenvalue weighted by atomic mass is 9.44. The van der Waals surface area contributed by atoms with Crippen LogP contribution in [0.3, 0.4) is 0 Å². The fourth-order valence-corrected chi connectivity index (χ4v) is 9.53. The Morgan fingerprint density at radius 3 is 2.45 bits per heavy atom. The first-order valence-corrected chi connectivity index (χ1v) is 15.2. The number of hydrogen-bond acceptors (Lipinski definition) is 7. The van der Waals surface area contributed by atoms with Crippen molar-refractivity contribution in [2.45, 2.75) is 77.4 Å². The van der Waals surface area contributed by atoms with Crippen LogP contribution >= 0.6 is 7.60 Å². The Labute approximate surface area is 222 Å². The molecule has 3 fully saturated rings. The molecule has 8 nitrogen and oxygen atoms in total. The van der Waals surface area contributed by atoms with Gasteiger partial charge in [-0.05, 0) is 69.6 Å². The summed E-state index contributed by atoms with van der Waals surface area (Å²) in [7, 11) is -3.43. The van der Waals surface area contributed by atoms with Gasteiger partial charge >= 0.3 is 7.60 Å². The fraction of sp³-hybridized carbons (Fsp3) is 0.778. The molecular formula is C27H40F2NO7P. The van der Waals surface area contributed by atoms with Crippen molar-refractivity contribution >= 4 is 19.3 Å². The van der Waals surface area contributed by atoms with Crippen molar-refractivity contribution in [2.75, 3.05) is 25.9 Å². The van der Waals surface area contributed by atoms with Gasteiger partial charge in [0.1, 0.15) is 6.17 Å². The van der Waals surface area contributed by atoms with E-state index < -0.39 is 71.4 Å². The second-order valence-electron chi connectivity index (χ2n) is 11.7. The number of alkyl halides is 2. The van der Waals surface area contributed by atoms with Crippen LogP contribution in [-0.2, 0) is 23.2 Å². The monoisotopic (exact) mass is 559 g/mol. The highest BCUT2D eigenvalue weighted by molar-refractivity contribution is 7.53. The summed E-state index contributed by atoms with van der Waals surface area (Å²) in [6.45, 7) is 8.50. The summed E-state index contributed by atoms with van der Waals surface area (Å²) < 4.78 is 56.1. The minimum Gasteiger partial charge on any atom is -0.390 e. The second kappa shape index (κ2) is 9.88. The van der Waals surface area contributed by atoms with Gasteiger partial charge in [0, 0.05) is 23.3 Å². The van der Waals surface area contributed by atoms with E-state index in [0.29, 0.717) is 0 Å². The minimum absolute atomic E-state index is 0.0264. The van der Waals surface area contributed by atoms with Gasteiger partial charge in [0.25, 0.3) is 5.91 Å². The van der Waals surface area contributed by atoms with Crippen molar-refractivity contribution in [2.24, 2.45) is 28.6 Å². The third-order valence-electron chi connectivity index (χ3n) is 9.88. The van der Waals surface area contributed by atoms with E-state index in [2.05, 4.69) is 5.32 Å². The van der Waals surface area contributed by atoms with Crippen molar-refractivity contribution < 1.29 is 42.2 Å². The van der Waals surface area contributed by atoms with E-state index in [-0.39, 0.29) is 50.8 Å². The minimum atomic E-state index is -3.43. The van der Waals surface area contributed by atoms with Crippen LogP contribution in [0.15, 0.2) is 23.8 Å². The molecule has 0 bridgehead atoms. The van der Waals surface area contributed by atoms with Crippen molar-refractivity contribution in [3.05, 3.63) is 23.8 Å². The van der Waals surface area contributed by atoms with Gasteiger partial charge in [-0.2, -0.15) is 0 Å². The summed E-state index contributed by atoms with van der Waals surface area (Å²) in [6, 6.07) is 0. The molecule has 9 atom stereocenters. The molecule has 0 aromatic heterocycles. The molecule has 214 valence electrons. The Morgan fingerprint density at radius 1 is 1.21 bits per heavy atom. The molecular weight excluding hydrogens is 519 g/mol. The Morgan fingerprint density at radius 2 is 1.84 bits per heavy atom. The van der Waals surface area contributed by atoms with E-state index in [1.54, 1.807) is 27.7 Å². The second-order valence-corrected chi connectivity index (χ2v) is 13.9. The summed E-state index contributed by atoms with van der Waals surface area (Å²) in [5, 5.41) is 26.0. The predicted molar refractivity (Wildman–Crippen MR) is 137 cm³/mol. The molecule has 38 heavy (non-hydrogen) atoms. The van der Waals surface area contributed by atoms with E-state index in [4.69, 9.17) is 9.05 Å². The lowest BCUT2D eigenvalue weighted by Crippen LogP contribution is -2.71. The topological polar surface area (TPSA) is 122 Å². The number of fused-ring (bicyclic) bond motifs is 5. The number of carbonyl (C=O) groups is 2. The van der Waals surface area contributed by atoms with Crippen LogP contribution < -0.4 is 5.32 Å². The number of ketones is 1. The van der Waals surface area contributed by atoms with Gasteiger partial charge in [0.05, 0.1) is 25.5 Å². The van der Waals surface area contributed by atoms with Crippen molar-refractivity contribution in [3.8, 4) is 0 Å². The lowest BCUT2D eigenvalue weighted by molar-refractivity contribution is -0.223. The standard InChI is InChI=1S/C27H40F2NO7P/c1-6-36-38(35,37-7-2)11-10-30-23(33)27(34)16(3)12-18-19-14-21(28)20-13-17(31)8-9-24(20,4)26(19,29)22(32)15-25(18,27)5/h8-9,13,16,18-19,21-22,32,34H,6-7,10-12,14-15H2,1-5H3,(H,30,33)/t16-,18+,19+,21+,22+,24+,25+,26+,27+/m1/s1. The Balaban J connectivity index is 1.63. The molecule has 4 aliphatic carbocycles. The molecule has 3 saturated carbocycles. The fourth-order valence-electron chi connectivity index (χ4n) is 8.02. The third-order valence-corrected chi connectivity index (χ3v) is 12.0. The first-order valence-electron chi connectivity index (χ1n) is 13.5. The molecule has 4 aliphatic rings. The molecule has 11 heteroatoms. The van der Waals surface area contributed by atoms with Gasteiger partial charge in [-0.3, -0.25) is 14.2 Å². The number of rotatable bonds is 8. The molecule has 0 spiro atoms. The summed E-state index contributed by atoms with van der Waals surface area (Å²) >= 11 is 0. The highest BCUT2D eigenvalue weighted by Gasteiger charge is 2.76. The molecule has 3 N–H and O–H groups in total. The van der Waals surface area contributed by atoms with Gasteiger partial charge in [-0.25, -0.2) is 8.78 Å². The van der Waals surface area contributed by atoms with Gasteiger partial charge in [0.15, 0.2) is 17.1 Å². The summed E-state index contributed by atoms with van der Waals surface area (Å²) in [5.41, 5.74) is -7.03. The molecule has 4 rings (SSSR count). The van der Waals surface area contributed by atoms with Gasteiger partial charge < -0.3 is 24.6 Å². The summed E-state index contributed by atoms with van der Waals surface area (Å²) in [5.74, 6) is -3.36. The van der Waals surface area contributed by atoms with E-state index in [1.807, 2.05) is 0 Å². The summed E-state index contributed by atoms with van der Waals surface area (Å²) in [4.78, 5) is 25.5. The molecule has 1 amide bonds. The number of halogens is 2. The van der Waals surface area contributed by atoms with Crippen molar-refractivity contribution in [1.82, 2.24) is 5.32 Å². The third kappa shape index (κ3) is 4.00. The maximum Gasteiger partial charge on any atom is 0.332 e. The molecule has 0 radical (unpaired) electrons. The Kier molecular flexibility index (Phi) is 7.68. The van der Waals surface area contributed by atoms with E-state index in [1.165, 1.54) is 19.1 Å². The SMILES string of the molecule is CCOP(=O)(CCNC(=O)[C@@]1(O)[C@H](C)C[C@H]2[C@@H]3C[C@H](F)C4=CC(=O)C=C[C@]4(C)[C@@]3(F)[C@@H](O)C[C@@]21C)OCC. The number of hydrogen-bond donors (Lipinski definition) is 3. The van der Waals surface area contributed by atoms with Crippen molar-refractivity contribution in [1.29, 1.82) is 0 Å². The average molecular weight is 560 g/mol. The number of aliphatic hydroxyl groups is 2. The van der Waals surface area contributed by atoms with E-state index in [0.717, 1.165) is 6.08 Å². The quantitative estimate of drug-likeness (QED) is 0.388. The Bertz CT molecular complexity index is 1090. The zero-order valence-corrected chi connectivity index (χ0v) is 23.6. The Hall–Kier alpha value is -1.45. The smallest absolute Gasteiger partial charge is 0.332 e. The molecule has 0 unspecified atom stereocenters. The molecule has 0 heterocycles. The van der Waals surface area contributed by atoms with Gasteiger partial charge in [0.2, 0.25) is 0 Å². The van der Waals surface area contributed by atoms with Crippen LogP contribution in [0.2, 0.25) is 0 Å². The molecule has 0 aromatic carbocycles. The van der Waals surface area contributed by atoms with Crippen LogP contribution in [0.4, 0.5) is 8.78 Å². The largest absolute Gasteiger partial charge is 0.390 e. The van der Waals surface area contributed by atoms with Crippen LogP contribution in [0.5, 0.6) is 0 Å². The number of allylic oxidation sites excluding steroid dienone is 4. The predicted octanol–water partition coefficient (Wildman–Crippen LogP) is 3.66. The van der Waals surface area contributed by atoms with Crippen LogP contribution in [0.1, 0.15) is 53.9 Å². The number of amides is 1. The molecule has 0 saturated heterocycles. The molecule has 0 aromatic rings. The molecule has 0 aliphatic heterocycles. The first kappa shape index (κ1) is 29.5. The first-order chi connectivity index (χ1) is 17.6. The zero-order chi connectivity index (χ0) is 28.3. The highest BCUT2D eigenvalue weighted by Crippen LogP contribution is 2.70. The average Bonchev–Trinajstić information content (AvgIpc) is 3.04. The number of carbonyl (C=O) groups excluding carboxylic acids is 2. The highest BCUT2D eigenvalue weighted by atomic mass is 31.2. The lowest BCUT2D eigenvalue weighted by Gasteiger charge is -2.63. The van der Waals surface area contributed by atoms with E-state index in [9.17, 15) is 24.4 Å². The number of aliphatic hydroxyl groups excluding tert-OH is 1. The van der Waals surface area contributed by atoms with Crippen LogP contribution in [0, 0.1) is 28.6 Å². The number of nitrogens with one attached hydrogen (secondary N) is 1. The zero-order valence-electron chi connectivity index (χ0n) is 22.7. The van der Waals surface area contributed by atoms with Gasteiger partial charge in [-0.1, -0.05) is 19.9 Å². The van der Waals surface area contributed by atoms with Crippen molar-refractivity contribution in [3.63, 3.8) is 0 Å². The summed E-state index contributed by atoms with van der Waals surface area (Å²) in [6.07, 6.45) is 0.175. The maximum atomic E-state index is 17.2. The van der Waals surface area contributed by atoms with E-state index >= 15 is 8.78 Å². The maximum absolute atomic E-state index is 17.2. The normalized spacial score (nSPS) is 44.2. The van der Waals surface area contributed by atoms with Crippen LogP contribution in [0.25, 0.3) is 0 Å². The van der Waals surface area contributed by atoms with Gasteiger partial charge in [-0.15, -0.1) is 0 Å².